The zero-order valence-electron chi connectivity index (χ0n) is 15.7. The van der Waals surface area contributed by atoms with E-state index in [1.54, 1.807) is 11.8 Å². The number of hydrogen-bond acceptors (Lipinski definition) is 6. The first-order valence-corrected chi connectivity index (χ1v) is 12.0. The second kappa shape index (κ2) is 12.7. The van der Waals surface area contributed by atoms with Crippen molar-refractivity contribution in [3.63, 3.8) is 0 Å². The average molecular weight is 383 g/mol. The molecule has 0 atom stereocenters. The molecule has 0 radical (unpaired) electrons. The Morgan fingerprint density at radius 1 is 0.957 bits per heavy atom. The summed E-state index contributed by atoms with van der Waals surface area (Å²) in [7, 11) is -2.70. The van der Waals surface area contributed by atoms with Crippen LogP contribution in [0.25, 0.3) is 0 Å². The van der Waals surface area contributed by atoms with Crippen LogP contribution in [0.15, 0.2) is 0 Å². The molecule has 0 aliphatic rings. The standard InChI is InChI=1S/C16H34O4S2Si/c1-8-9-16(21)17-10-11-22-12-23(18-13(2)3,19-14(4)5)20-15(6)7/h13-15H,8-12H2,1-7H3. The number of thioether (sulfide) groups is 1. The largest absolute Gasteiger partial charge is 0.512 e. The summed E-state index contributed by atoms with van der Waals surface area (Å²) in [5.41, 5.74) is 0. The lowest BCUT2D eigenvalue weighted by Gasteiger charge is -2.34. The normalized spacial score (nSPS) is 12.4. The zero-order valence-corrected chi connectivity index (χ0v) is 18.4. The highest BCUT2D eigenvalue weighted by atomic mass is 32.2. The van der Waals surface area contributed by atoms with E-state index >= 15 is 0 Å². The molecule has 23 heavy (non-hydrogen) atoms. The van der Waals surface area contributed by atoms with E-state index in [4.69, 9.17) is 30.2 Å². The maximum atomic E-state index is 6.13. The molecule has 0 aliphatic heterocycles. The molecule has 0 spiro atoms. The van der Waals surface area contributed by atoms with Crippen molar-refractivity contribution in [3.8, 4) is 0 Å². The van der Waals surface area contributed by atoms with Crippen LogP contribution < -0.4 is 0 Å². The molecule has 4 nitrogen and oxygen atoms in total. The van der Waals surface area contributed by atoms with Gasteiger partial charge in [-0.1, -0.05) is 6.92 Å². The summed E-state index contributed by atoms with van der Waals surface area (Å²) >= 11 is 6.90. The van der Waals surface area contributed by atoms with Gasteiger partial charge in [0.05, 0.1) is 12.0 Å². The third-order valence-electron chi connectivity index (χ3n) is 2.47. The van der Waals surface area contributed by atoms with Gasteiger partial charge in [-0.3, -0.25) is 0 Å². The summed E-state index contributed by atoms with van der Waals surface area (Å²) in [6.07, 6.45) is 2.10. The first-order chi connectivity index (χ1) is 10.7. The lowest BCUT2D eigenvalue weighted by Crippen LogP contribution is -2.53. The summed E-state index contributed by atoms with van der Waals surface area (Å²) in [6, 6.07) is 0. The van der Waals surface area contributed by atoms with Gasteiger partial charge in [-0.15, -0.1) is 0 Å². The molecule has 0 aromatic rings. The van der Waals surface area contributed by atoms with Crippen LogP contribution in [0, 0.1) is 0 Å². The van der Waals surface area contributed by atoms with Crippen LogP contribution in [-0.2, 0) is 18.0 Å². The Balaban J connectivity index is 4.51. The molecule has 0 aliphatic carbocycles. The maximum Gasteiger partial charge on any atom is 0.512 e. The van der Waals surface area contributed by atoms with Gasteiger partial charge in [-0.25, -0.2) is 0 Å². The highest BCUT2D eigenvalue weighted by molar-refractivity contribution is 8.00. The molecule has 0 N–H and O–H groups in total. The Bertz CT molecular complexity index is 299. The van der Waals surface area contributed by atoms with E-state index in [-0.39, 0.29) is 18.3 Å². The van der Waals surface area contributed by atoms with Crippen molar-refractivity contribution < 1.29 is 18.0 Å². The third-order valence-corrected chi connectivity index (χ3v) is 7.97. The highest BCUT2D eigenvalue weighted by Gasteiger charge is 2.44. The molecular weight excluding hydrogens is 348 g/mol. The van der Waals surface area contributed by atoms with Crippen molar-refractivity contribution in [2.75, 3.05) is 17.7 Å². The van der Waals surface area contributed by atoms with Gasteiger partial charge in [0, 0.05) is 30.5 Å². The Kier molecular flexibility index (Phi) is 12.8. The fourth-order valence-electron chi connectivity index (χ4n) is 1.95. The van der Waals surface area contributed by atoms with Gasteiger partial charge in [0.25, 0.3) is 0 Å². The minimum absolute atomic E-state index is 0.0770. The number of hydrogen-bond donors (Lipinski definition) is 0. The Morgan fingerprint density at radius 2 is 1.43 bits per heavy atom. The summed E-state index contributed by atoms with van der Waals surface area (Å²) in [6.45, 7) is 14.8. The molecule has 0 bridgehead atoms. The fraction of sp³-hybridized carbons (Fsp3) is 0.938. The third kappa shape index (κ3) is 12.4. The smallest absolute Gasteiger partial charge is 0.486 e. The molecule has 7 heteroatoms. The van der Waals surface area contributed by atoms with E-state index < -0.39 is 8.80 Å². The summed E-state index contributed by atoms with van der Waals surface area (Å²) in [4.78, 5) is 0. The predicted octanol–water partition coefficient (Wildman–Crippen LogP) is 4.62. The average Bonchev–Trinajstić information content (AvgIpc) is 2.35. The highest BCUT2D eigenvalue weighted by Crippen LogP contribution is 2.22. The lowest BCUT2D eigenvalue weighted by atomic mass is 10.4. The molecule has 0 aromatic heterocycles. The van der Waals surface area contributed by atoms with E-state index in [1.807, 2.05) is 41.5 Å². The van der Waals surface area contributed by atoms with Crippen LogP contribution in [0.2, 0.25) is 0 Å². The minimum atomic E-state index is -2.70. The molecular formula is C16H34O4S2Si. The summed E-state index contributed by atoms with van der Waals surface area (Å²) < 4.78 is 23.9. The van der Waals surface area contributed by atoms with E-state index in [0.717, 1.165) is 24.0 Å². The van der Waals surface area contributed by atoms with Gasteiger partial charge in [0.2, 0.25) is 0 Å². The molecule has 0 saturated heterocycles. The molecule has 0 rings (SSSR count). The van der Waals surface area contributed by atoms with E-state index in [1.165, 1.54) is 0 Å². The van der Waals surface area contributed by atoms with Gasteiger partial charge in [-0.2, -0.15) is 11.8 Å². The van der Waals surface area contributed by atoms with Crippen LogP contribution in [0.3, 0.4) is 0 Å². The van der Waals surface area contributed by atoms with Gasteiger partial charge in [-0.05, 0) is 60.2 Å². The van der Waals surface area contributed by atoms with E-state index in [0.29, 0.717) is 11.7 Å². The van der Waals surface area contributed by atoms with Crippen LogP contribution in [-0.4, -0.2) is 49.9 Å². The van der Waals surface area contributed by atoms with Gasteiger partial charge >= 0.3 is 8.80 Å². The molecule has 0 amide bonds. The van der Waals surface area contributed by atoms with Crippen LogP contribution >= 0.6 is 24.0 Å². The first kappa shape index (κ1) is 23.3. The lowest BCUT2D eigenvalue weighted by molar-refractivity contribution is 0.00804. The first-order valence-electron chi connectivity index (χ1n) is 8.47. The number of thiocarbonyl (C=S) groups is 1. The van der Waals surface area contributed by atoms with Crippen molar-refractivity contribution in [1.82, 2.24) is 0 Å². The topological polar surface area (TPSA) is 36.9 Å². The molecule has 138 valence electrons. The Labute approximate surface area is 153 Å². The fourth-order valence-corrected chi connectivity index (χ4v) is 7.15. The van der Waals surface area contributed by atoms with Crippen LogP contribution in [0.5, 0.6) is 0 Å². The van der Waals surface area contributed by atoms with Crippen molar-refractivity contribution in [1.29, 1.82) is 0 Å². The van der Waals surface area contributed by atoms with Crippen LogP contribution in [0.4, 0.5) is 0 Å². The van der Waals surface area contributed by atoms with Gasteiger partial charge < -0.3 is 18.0 Å². The van der Waals surface area contributed by atoms with Gasteiger partial charge in [0.1, 0.15) is 0 Å². The summed E-state index contributed by atoms with van der Waals surface area (Å²) in [5, 5.41) is 1.43. The SMILES string of the molecule is CCCC(=S)OCCSC[Si](OC(C)C)(OC(C)C)OC(C)C. The predicted molar refractivity (Wildman–Crippen MR) is 105 cm³/mol. The number of ether oxygens (including phenoxy) is 1. The van der Waals surface area contributed by atoms with Crippen LogP contribution in [0.1, 0.15) is 61.3 Å². The quantitative estimate of drug-likeness (QED) is 0.263. The maximum absolute atomic E-state index is 6.13. The van der Waals surface area contributed by atoms with E-state index in [2.05, 4.69) is 6.92 Å². The molecule has 0 heterocycles. The molecule has 0 unspecified atom stereocenters. The molecule has 0 aromatic carbocycles. The summed E-state index contributed by atoms with van der Waals surface area (Å²) in [5.74, 6) is 0.850. The van der Waals surface area contributed by atoms with Crippen molar-refractivity contribution in [2.24, 2.45) is 0 Å². The number of rotatable bonds is 13. The zero-order chi connectivity index (χ0) is 17.9. The second-order valence-electron chi connectivity index (χ2n) is 6.21. The van der Waals surface area contributed by atoms with E-state index in [9.17, 15) is 0 Å². The minimum Gasteiger partial charge on any atom is -0.486 e. The van der Waals surface area contributed by atoms with Crippen molar-refractivity contribution >= 4 is 37.8 Å². The van der Waals surface area contributed by atoms with Crippen molar-refractivity contribution in [3.05, 3.63) is 0 Å². The molecule has 0 saturated carbocycles. The monoisotopic (exact) mass is 382 g/mol. The Morgan fingerprint density at radius 3 is 1.83 bits per heavy atom. The Hall–Kier alpha value is 0.337. The molecule has 0 fully saturated rings. The second-order valence-corrected chi connectivity index (χ2v) is 10.7. The van der Waals surface area contributed by atoms with Crippen molar-refractivity contribution in [2.45, 2.75) is 79.6 Å². The van der Waals surface area contributed by atoms with Gasteiger partial charge in [0.15, 0.2) is 5.05 Å².